The number of aryl methyl sites for hydroxylation is 1. The van der Waals surface area contributed by atoms with Crippen LogP contribution in [0.15, 0.2) is 72.6 Å². The number of anilines is 1. The van der Waals surface area contributed by atoms with E-state index < -0.39 is 23.7 Å². The molecule has 2 aromatic carbocycles. The van der Waals surface area contributed by atoms with Crippen LogP contribution in [0.3, 0.4) is 0 Å². The lowest BCUT2D eigenvalue weighted by atomic mass is 9.95. The Hall–Kier alpha value is -4.46. The predicted molar refractivity (Wildman–Crippen MR) is 134 cm³/mol. The standard InChI is InChI=1S/C28H26N2O6/c1-16(2)36-28(34)18-7-5-9-20(14-18)30-24(19-8-6-12-29-15-19)23(26(32)27(30)33)25(31)21-13-17(3)10-11-22(21)35-4/h5-16,24,31H,1-4H3/b25-23+. The molecule has 1 fully saturated rings. The number of carbonyl (C=O) groups is 3. The van der Waals surface area contributed by atoms with Crippen LogP contribution >= 0.6 is 0 Å². The summed E-state index contributed by atoms with van der Waals surface area (Å²) in [5, 5.41) is 11.4. The lowest BCUT2D eigenvalue weighted by Crippen LogP contribution is -2.29. The smallest absolute Gasteiger partial charge is 0.338 e. The molecule has 0 radical (unpaired) electrons. The van der Waals surface area contributed by atoms with Gasteiger partial charge in [0, 0.05) is 18.1 Å². The molecule has 4 rings (SSSR count). The number of ketones is 1. The number of aliphatic hydroxyl groups is 1. The zero-order chi connectivity index (χ0) is 26.0. The Morgan fingerprint density at radius 1 is 1.08 bits per heavy atom. The molecule has 1 aromatic heterocycles. The number of Topliss-reactive ketones (excluding diaryl/α,β-unsaturated/α-hetero) is 1. The number of amides is 1. The molecule has 0 aliphatic carbocycles. The molecular formula is C28H26N2O6. The monoisotopic (exact) mass is 486 g/mol. The summed E-state index contributed by atoms with van der Waals surface area (Å²) in [5.41, 5.74) is 2.07. The number of hydrogen-bond acceptors (Lipinski definition) is 7. The van der Waals surface area contributed by atoms with Gasteiger partial charge >= 0.3 is 5.97 Å². The Morgan fingerprint density at radius 2 is 1.86 bits per heavy atom. The highest BCUT2D eigenvalue weighted by atomic mass is 16.5. The number of ether oxygens (including phenoxy) is 2. The van der Waals surface area contributed by atoms with E-state index in [0.29, 0.717) is 22.6 Å². The highest BCUT2D eigenvalue weighted by Gasteiger charge is 2.47. The maximum absolute atomic E-state index is 13.4. The summed E-state index contributed by atoms with van der Waals surface area (Å²) in [6, 6.07) is 13.9. The van der Waals surface area contributed by atoms with Crippen LogP contribution < -0.4 is 9.64 Å². The zero-order valence-corrected chi connectivity index (χ0v) is 20.4. The van der Waals surface area contributed by atoms with Crippen molar-refractivity contribution >= 4 is 29.1 Å². The van der Waals surface area contributed by atoms with Gasteiger partial charge in [0.05, 0.1) is 36.0 Å². The van der Waals surface area contributed by atoms with Crippen molar-refractivity contribution in [3.63, 3.8) is 0 Å². The lowest BCUT2D eigenvalue weighted by Gasteiger charge is -2.25. The van der Waals surface area contributed by atoms with E-state index in [1.54, 1.807) is 62.5 Å². The van der Waals surface area contributed by atoms with Crippen LogP contribution in [-0.2, 0) is 14.3 Å². The molecule has 1 N–H and O–H groups in total. The molecule has 1 amide bonds. The number of esters is 1. The average Bonchev–Trinajstić information content (AvgIpc) is 3.14. The van der Waals surface area contributed by atoms with E-state index in [0.717, 1.165) is 5.56 Å². The molecule has 1 saturated heterocycles. The van der Waals surface area contributed by atoms with Gasteiger partial charge in [0.25, 0.3) is 11.7 Å². The van der Waals surface area contributed by atoms with Gasteiger partial charge in [-0.1, -0.05) is 23.8 Å². The van der Waals surface area contributed by atoms with Crippen LogP contribution in [0.25, 0.3) is 5.76 Å². The fourth-order valence-corrected chi connectivity index (χ4v) is 4.17. The second-order valence-electron chi connectivity index (χ2n) is 8.66. The van der Waals surface area contributed by atoms with E-state index in [1.807, 2.05) is 13.0 Å². The van der Waals surface area contributed by atoms with Crippen molar-refractivity contribution in [3.05, 3.63) is 94.8 Å². The third kappa shape index (κ3) is 4.57. The number of carbonyl (C=O) groups excluding carboxylic acids is 3. The van der Waals surface area contributed by atoms with Crippen molar-refractivity contribution in [3.8, 4) is 5.75 Å². The minimum atomic E-state index is -0.986. The van der Waals surface area contributed by atoms with E-state index in [2.05, 4.69) is 4.98 Å². The number of benzene rings is 2. The second kappa shape index (κ2) is 10.0. The number of pyridine rings is 1. The molecular weight excluding hydrogens is 460 g/mol. The van der Waals surface area contributed by atoms with Crippen LogP contribution in [0.1, 0.15) is 46.9 Å². The predicted octanol–water partition coefficient (Wildman–Crippen LogP) is 4.59. The molecule has 2 heterocycles. The van der Waals surface area contributed by atoms with Gasteiger partial charge in [0.1, 0.15) is 11.5 Å². The van der Waals surface area contributed by atoms with Crippen LogP contribution in [0.4, 0.5) is 5.69 Å². The van der Waals surface area contributed by atoms with Crippen molar-refractivity contribution in [1.29, 1.82) is 0 Å². The Balaban J connectivity index is 1.92. The molecule has 1 aliphatic rings. The number of methoxy groups -OCH3 is 1. The van der Waals surface area contributed by atoms with E-state index in [-0.39, 0.29) is 23.0 Å². The molecule has 1 atom stereocenters. The summed E-state index contributed by atoms with van der Waals surface area (Å²) in [6.45, 7) is 5.32. The highest BCUT2D eigenvalue weighted by molar-refractivity contribution is 6.51. The largest absolute Gasteiger partial charge is 0.507 e. The fraction of sp³-hybridized carbons (Fsp3) is 0.214. The minimum absolute atomic E-state index is 0.105. The van der Waals surface area contributed by atoms with Gasteiger partial charge in [-0.3, -0.25) is 19.5 Å². The summed E-state index contributed by atoms with van der Waals surface area (Å²) < 4.78 is 10.7. The van der Waals surface area contributed by atoms with Crippen LogP contribution in [0.2, 0.25) is 0 Å². The Bertz CT molecular complexity index is 1360. The molecule has 1 unspecified atom stereocenters. The maximum Gasteiger partial charge on any atom is 0.338 e. The Kier molecular flexibility index (Phi) is 6.87. The first kappa shape index (κ1) is 24.7. The van der Waals surface area contributed by atoms with Crippen LogP contribution in [-0.4, -0.2) is 41.0 Å². The number of hydrogen-bond donors (Lipinski definition) is 1. The number of aromatic nitrogens is 1. The molecule has 0 saturated carbocycles. The van der Waals surface area contributed by atoms with E-state index in [4.69, 9.17) is 9.47 Å². The molecule has 184 valence electrons. The van der Waals surface area contributed by atoms with Gasteiger partial charge in [-0.2, -0.15) is 0 Å². The Morgan fingerprint density at radius 3 is 2.53 bits per heavy atom. The highest BCUT2D eigenvalue weighted by Crippen LogP contribution is 2.43. The van der Waals surface area contributed by atoms with Gasteiger partial charge in [-0.25, -0.2) is 4.79 Å². The number of aliphatic hydroxyl groups excluding tert-OH is 1. The molecule has 3 aromatic rings. The molecule has 0 bridgehead atoms. The zero-order valence-electron chi connectivity index (χ0n) is 20.4. The first-order valence-corrected chi connectivity index (χ1v) is 11.4. The molecule has 8 nitrogen and oxygen atoms in total. The summed E-state index contributed by atoms with van der Waals surface area (Å²) in [7, 11) is 1.46. The fourth-order valence-electron chi connectivity index (χ4n) is 4.17. The molecule has 8 heteroatoms. The lowest BCUT2D eigenvalue weighted by molar-refractivity contribution is -0.132. The normalized spacial score (nSPS) is 16.9. The van der Waals surface area contributed by atoms with Crippen molar-refractivity contribution < 1.29 is 29.0 Å². The Labute approximate surface area is 208 Å². The quantitative estimate of drug-likeness (QED) is 0.235. The van der Waals surface area contributed by atoms with Crippen molar-refractivity contribution in [2.24, 2.45) is 0 Å². The minimum Gasteiger partial charge on any atom is -0.507 e. The van der Waals surface area contributed by atoms with Gasteiger partial charge < -0.3 is 14.6 Å². The molecule has 0 spiro atoms. The van der Waals surface area contributed by atoms with Crippen molar-refractivity contribution in [2.75, 3.05) is 12.0 Å². The van der Waals surface area contributed by atoms with Gasteiger partial charge in [-0.05, 0) is 62.7 Å². The van der Waals surface area contributed by atoms with Gasteiger partial charge in [0.2, 0.25) is 0 Å². The average molecular weight is 487 g/mol. The first-order chi connectivity index (χ1) is 17.2. The third-order valence-corrected chi connectivity index (χ3v) is 5.76. The molecule has 36 heavy (non-hydrogen) atoms. The third-order valence-electron chi connectivity index (χ3n) is 5.76. The second-order valence-corrected chi connectivity index (χ2v) is 8.66. The number of nitrogens with zero attached hydrogens (tertiary/aromatic N) is 2. The van der Waals surface area contributed by atoms with E-state index in [9.17, 15) is 19.5 Å². The maximum atomic E-state index is 13.4. The summed E-state index contributed by atoms with van der Waals surface area (Å²) in [4.78, 5) is 44.7. The SMILES string of the molecule is COc1ccc(C)cc1/C(O)=C1\C(=O)C(=O)N(c2cccc(C(=O)OC(C)C)c2)C1c1cccnc1. The van der Waals surface area contributed by atoms with Crippen molar-refractivity contribution in [1.82, 2.24) is 4.98 Å². The molecule has 1 aliphatic heterocycles. The van der Waals surface area contributed by atoms with Gasteiger partial charge in [0.15, 0.2) is 0 Å². The topological polar surface area (TPSA) is 106 Å². The van der Waals surface area contributed by atoms with E-state index in [1.165, 1.54) is 24.3 Å². The first-order valence-electron chi connectivity index (χ1n) is 11.4. The van der Waals surface area contributed by atoms with Gasteiger partial charge in [-0.15, -0.1) is 0 Å². The number of rotatable bonds is 6. The van der Waals surface area contributed by atoms with Crippen LogP contribution in [0, 0.1) is 6.92 Å². The van der Waals surface area contributed by atoms with Crippen LogP contribution in [0.5, 0.6) is 5.75 Å². The summed E-state index contributed by atoms with van der Waals surface area (Å²) in [6.07, 6.45) is 2.78. The van der Waals surface area contributed by atoms with E-state index >= 15 is 0 Å². The van der Waals surface area contributed by atoms with Crippen molar-refractivity contribution in [2.45, 2.75) is 32.9 Å². The summed E-state index contributed by atoms with van der Waals surface area (Å²) in [5.74, 6) is -2.26. The summed E-state index contributed by atoms with van der Waals surface area (Å²) >= 11 is 0.